The second kappa shape index (κ2) is 7.95. The minimum atomic E-state index is -0.525. The highest BCUT2D eigenvalue weighted by Gasteiger charge is 2.26. The third-order valence-electron chi connectivity index (χ3n) is 3.46. The SMILES string of the molecule is CCOc1ccc(C(=O)N2CCNC[C@H]2C)cc1[N+](=O)[O-].Cl. The molecular weight excluding hydrogens is 310 g/mol. The van der Waals surface area contributed by atoms with Gasteiger partial charge in [0, 0.05) is 37.3 Å². The summed E-state index contributed by atoms with van der Waals surface area (Å²) in [6.45, 7) is 6.10. The van der Waals surface area contributed by atoms with Gasteiger partial charge in [-0.25, -0.2) is 0 Å². The topological polar surface area (TPSA) is 84.7 Å². The molecule has 22 heavy (non-hydrogen) atoms. The van der Waals surface area contributed by atoms with Gasteiger partial charge in [0.25, 0.3) is 5.91 Å². The van der Waals surface area contributed by atoms with Crippen molar-refractivity contribution < 1.29 is 14.5 Å². The minimum Gasteiger partial charge on any atom is -0.487 e. The Morgan fingerprint density at radius 2 is 2.27 bits per heavy atom. The van der Waals surface area contributed by atoms with Crippen LogP contribution in [-0.2, 0) is 0 Å². The average Bonchev–Trinajstić information content (AvgIpc) is 2.47. The zero-order valence-electron chi connectivity index (χ0n) is 12.6. The first kappa shape index (κ1) is 18.2. The predicted octanol–water partition coefficient (Wildman–Crippen LogP) is 1.85. The van der Waals surface area contributed by atoms with E-state index in [0.717, 1.165) is 13.1 Å². The van der Waals surface area contributed by atoms with Crippen LogP contribution in [0, 0.1) is 10.1 Å². The Bertz CT molecular complexity index is 553. The van der Waals surface area contributed by atoms with Crippen LogP contribution in [0.2, 0.25) is 0 Å². The Labute approximate surface area is 135 Å². The summed E-state index contributed by atoms with van der Waals surface area (Å²) in [6.07, 6.45) is 0. The van der Waals surface area contributed by atoms with Gasteiger partial charge < -0.3 is 15.0 Å². The first-order valence-electron chi connectivity index (χ1n) is 6.97. The number of rotatable bonds is 4. The quantitative estimate of drug-likeness (QED) is 0.673. The fourth-order valence-electron chi connectivity index (χ4n) is 2.38. The summed E-state index contributed by atoms with van der Waals surface area (Å²) in [7, 11) is 0. The van der Waals surface area contributed by atoms with E-state index in [1.54, 1.807) is 17.9 Å². The molecule has 0 radical (unpaired) electrons. The first-order chi connectivity index (χ1) is 10.0. The maximum atomic E-state index is 12.5. The van der Waals surface area contributed by atoms with Crippen molar-refractivity contribution in [2.45, 2.75) is 19.9 Å². The highest BCUT2D eigenvalue weighted by atomic mass is 35.5. The summed E-state index contributed by atoms with van der Waals surface area (Å²) >= 11 is 0. The lowest BCUT2D eigenvalue weighted by Gasteiger charge is -2.34. The largest absolute Gasteiger partial charge is 0.487 e. The van der Waals surface area contributed by atoms with Gasteiger partial charge in [-0.05, 0) is 26.0 Å². The third kappa shape index (κ3) is 3.86. The molecule has 1 aromatic rings. The number of hydrogen-bond acceptors (Lipinski definition) is 5. The number of nitrogens with one attached hydrogen (secondary N) is 1. The monoisotopic (exact) mass is 329 g/mol. The van der Waals surface area contributed by atoms with Crippen molar-refractivity contribution in [3.8, 4) is 5.75 Å². The van der Waals surface area contributed by atoms with Crippen molar-refractivity contribution in [2.24, 2.45) is 0 Å². The second-order valence-corrected chi connectivity index (χ2v) is 4.92. The van der Waals surface area contributed by atoms with Gasteiger partial charge in [-0.2, -0.15) is 0 Å². The number of piperazine rings is 1. The molecule has 0 spiro atoms. The maximum Gasteiger partial charge on any atom is 0.311 e. The molecule has 0 aliphatic carbocycles. The summed E-state index contributed by atoms with van der Waals surface area (Å²) in [5.74, 6) is 0.00237. The molecule has 1 atom stereocenters. The smallest absolute Gasteiger partial charge is 0.311 e. The number of ether oxygens (including phenoxy) is 1. The number of amides is 1. The van der Waals surface area contributed by atoms with Gasteiger partial charge in [-0.3, -0.25) is 14.9 Å². The summed E-state index contributed by atoms with van der Waals surface area (Å²) < 4.78 is 5.22. The molecule has 1 amide bonds. The van der Waals surface area contributed by atoms with E-state index in [1.165, 1.54) is 12.1 Å². The first-order valence-corrected chi connectivity index (χ1v) is 6.97. The third-order valence-corrected chi connectivity index (χ3v) is 3.46. The van der Waals surface area contributed by atoms with E-state index in [2.05, 4.69) is 5.32 Å². The van der Waals surface area contributed by atoms with E-state index in [1.807, 2.05) is 6.92 Å². The van der Waals surface area contributed by atoms with E-state index in [9.17, 15) is 14.9 Å². The van der Waals surface area contributed by atoms with Crippen LogP contribution in [0.15, 0.2) is 18.2 Å². The van der Waals surface area contributed by atoms with Gasteiger partial charge in [0.1, 0.15) is 0 Å². The predicted molar refractivity (Wildman–Crippen MR) is 84.9 cm³/mol. The minimum absolute atomic E-state index is 0. The molecule has 0 unspecified atom stereocenters. The molecule has 0 aromatic heterocycles. The van der Waals surface area contributed by atoms with Crippen LogP contribution in [0.4, 0.5) is 5.69 Å². The normalized spacial score (nSPS) is 17.5. The van der Waals surface area contributed by atoms with Gasteiger partial charge in [0.15, 0.2) is 5.75 Å². The summed E-state index contributed by atoms with van der Waals surface area (Å²) in [4.78, 5) is 24.8. The van der Waals surface area contributed by atoms with Crippen molar-refractivity contribution in [1.82, 2.24) is 10.2 Å². The standard InChI is InChI=1S/C14H19N3O4.ClH/c1-3-21-13-5-4-11(8-12(13)17(19)20)14(18)16-7-6-15-9-10(16)2;/h4-5,8,10,15H,3,6-7,9H2,1-2H3;1H/t10-;/m1./s1. The average molecular weight is 330 g/mol. The molecule has 1 aliphatic rings. The molecule has 0 bridgehead atoms. The van der Waals surface area contributed by atoms with Crippen LogP contribution >= 0.6 is 12.4 Å². The van der Waals surface area contributed by atoms with Crippen LogP contribution in [0.3, 0.4) is 0 Å². The van der Waals surface area contributed by atoms with E-state index < -0.39 is 4.92 Å². The molecule has 1 N–H and O–H groups in total. The molecule has 1 saturated heterocycles. The highest BCUT2D eigenvalue weighted by molar-refractivity contribution is 5.95. The fourth-order valence-corrected chi connectivity index (χ4v) is 2.38. The number of benzene rings is 1. The molecule has 2 rings (SSSR count). The Balaban J connectivity index is 0.00000242. The summed E-state index contributed by atoms with van der Waals surface area (Å²) in [5.41, 5.74) is 0.143. The van der Waals surface area contributed by atoms with Gasteiger partial charge in [-0.1, -0.05) is 0 Å². The molecule has 122 valence electrons. The van der Waals surface area contributed by atoms with Crippen LogP contribution in [0.5, 0.6) is 5.75 Å². The Morgan fingerprint density at radius 1 is 1.55 bits per heavy atom. The zero-order valence-corrected chi connectivity index (χ0v) is 13.4. The molecule has 1 fully saturated rings. The number of nitro benzene ring substituents is 1. The van der Waals surface area contributed by atoms with E-state index in [-0.39, 0.29) is 35.8 Å². The second-order valence-electron chi connectivity index (χ2n) is 4.92. The maximum absolute atomic E-state index is 12.5. The van der Waals surface area contributed by atoms with Gasteiger partial charge >= 0.3 is 5.69 Å². The lowest BCUT2D eigenvalue weighted by atomic mass is 10.1. The van der Waals surface area contributed by atoms with Crippen LogP contribution in [0.1, 0.15) is 24.2 Å². The van der Waals surface area contributed by atoms with E-state index >= 15 is 0 Å². The van der Waals surface area contributed by atoms with Gasteiger partial charge in [0.05, 0.1) is 11.5 Å². The number of hydrogen-bond donors (Lipinski definition) is 1. The number of carbonyl (C=O) groups excluding carboxylic acids is 1. The van der Waals surface area contributed by atoms with E-state index in [4.69, 9.17) is 4.74 Å². The Hall–Kier alpha value is -1.86. The zero-order chi connectivity index (χ0) is 15.4. The van der Waals surface area contributed by atoms with Crippen LogP contribution in [-0.4, -0.2) is 48.0 Å². The van der Waals surface area contributed by atoms with Crippen molar-refractivity contribution in [3.63, 3.8) is 0 Å². The van der Waals surface area contributed by atoms with Crippen molar-refractivity contribution in [2.75, 3.05) is 26.2 Å². The number of nitrogens with zero attached hydrogens (tertiary/aromatic N) is 2. The molecule has 1 heterocycles. The molecule has 8 heteroatoms. The molecule has 1 aliphatic heterocycles. The Kier molecular flexibility index (Phi) is 6.58. The fraction of sp³-hybridized carbons (Fsp3) is 0.500. The lowest BCUT2D eigenvalue weighted by Crippen LogP contribution is -2.52. The van der Waals surface area contributed by atoms with E-state index in [0.29, 0.717) is 18.7 Å². The molecule has 0 saturated carbocycles. The van der Waals surface area contributed by atoms with Crippen LogP contribution < -0.4 is 10.1 Å². The number of carbonyl (C=O) groups is 1. The van der Waals surface area contributed by atoms with Gasteiger partial charge in [-0.15, -0.1) is 12.4 Å². The number of nitro groups is 1. The molecular formula is C14H20ClN3O4. The van der Waals surface area contributed by atoms with Crippen molar-refractivity contribution in [3.05, 3.63) is 33.9 Å². The highest BCUT2D eigenvalue weighted by Crippen LogP contribution is 2.28. The van der Waals surface area contributed by atoms with Gasteiger partial charge in [0.2, 0.25) is 0 Å². The summed E-state index contributed by atoms with van der Waals surface area (Å²) in [6, 6.07) is 4.43. The lowest BCUT2D eigenvalue weighted by molar-refractivity contribution is -0.385. The summed E-state index contributed by atoms with van der Waals surface area (Å²) in [5, 5.41) is 14.3. The molecule has 1 aromatic carbocycles. The molecule has 7 nitrogen and oxygen atoms in total. The van der Waals surface area contributed by atoms with Crippen LogP contribution in [0.25, 0.3) is 0 Å². The Morgan fingerprint density at radius 3 is 2.86 bits per heavy atom. The van der Waals surface area contributed by atoms with Crippen molar-refractivity contribution in [1.29, 1.82) is 0 Å². The number of halogens is 1. The van der Waals surface area contributed by atoms with Crippen molar-refractivity contribution >= 4 is 24.0 Å².